The Morgan fingerprint density at radius 2 is 1.97 bits per heavy atom. The van der Waals surface area contributed by atoms with Crippen molar-refractivity contribution in [1.82, 2.24) is 14.9 Å². The number of carbonyl (C=O) groups is 2. The summed E-state index contributed by atoms with van der Waals surface area (Å²) in [5, 5.41) is 3.50. The van der Waals surface area contributed by atoms with Gasteiger partial charge in [-0.1, -0.05) is 31.2 Å². The fraction of sp³-hybridized carbons (Fsp3) is 0.385. The van der Waals surface area contributed by atoms with Gasteiger partial charge in [-0.3, -0.25) is 14.7 Å². The number of pyridine rings is 2. The molecular formula is C26H30N4O3. The maximum Gasteiger partial charge on any atom is 0.340 e. The van der Waals surface area contributed by atoms with Crippen molar-refractivity contribution in [2.75, 3.05) is 11.9 Å². The van der Waals surface area contributed by atoms with Crippen LogP contribution in [-0.4, -0.2) is 45.4 Å². The maximum absolute atomic E-state index is 13.5. The minimum atomic E-state index is -0.923. The highest BCUT2D eigenvalue weighted by Gasteiger charge is 2.30. The topological polar surface area (TPSA) is 84.4 Å². The van der Waals surface area contributed by atoms with Gasteiger partial charge in [0, 0.05) is 48.4 Å². The second kappa shape index (κ2) is 9.67. The van der Waals surface area contributed by atoms with Crippen molar-refractivity contribution in [2.45, 2.75) is 59.2 Å². The number of benzene rings is 1. The predicted molar refractivity (Wildman–Crippen MR) is 128 cm³/mol. The standard InChI is InChI=1S/C26H30N4O3/c1-5-22(25(31)29-23-11-10-17(4)14-27-23)33-26(32)24-18-8-6-7-9-20(18)28-21-12-13-30(16(2)3)15-19(21)24/h6-11,14,16,22H,5,12-13,15H2,1-4H3,(H,27,29,31). The Morgan fingerprint density at radius 1 is 1.18 bits per heavy atom. The van der Waals surface area contributed by atoms with Crippen LogP contribution in [0.2, 0.25) is 0 Å². The molecule has 1 atom stereocenters. The summed E-state index contributed by atoms with van der Waals surface area (Å²) in [7, 11) is 0. The number of hydrogen-bond donors (Lipinski definition) is 1. The summed E-state index contributed by atoms with van der Waals surface area (Å²) in [6, 6.07) is 11.6. The van der Waals surface area contributed by atoms with Crippen LogP contribution < -0.4 is 5.32 Å². The van der Waals surface area contributed by atoms with Gasteiger partial charge < -0.3 is 10.1 Å². The number of para-hydroxylation sites is 1. The lowest BCUT2D eigenvalue weighted by Crippen LogP contribution is -2.38. The molecule has 0 bridgehead atoms. The van der Waals surface area contributed by atoms with Gasteiger partial charge in [-0.15, -0.1) is 0 Å². The van der Waals surface area contributed by atoms with E-state index in [4.69, 9.17) is 9.72 Å². The maximum atomic E-state index is 13.5. The quantitative estimate of drug-likeness (QED) is 0.569. The van der Waals surface area contributed by atoms with E-state index >= 15 is 0 Å². The molecular weight excluding hydrogens is 416 g/mol. The molecule has 0 radical (unpaired) electrons. The van der Waals surface area contributed by atoms with E-state index in [1.165, 1.54) is 0 Å². The Bertz CT molecular complexity index is 1170. The number of aryl methyl sites for hydroxylation is 1. The van der Waals surface area contributed by atoms with Gasteiger partial charge in [0.1, 0.15) is 5.82 Å². The van der Waals surface area contributed by atoms with Gasteiger partial charge in [0.2, 0.25) is 0 Å². The highest BCUT2D eigenvalue weighted by Crippen LogP contribution is 2.30. The molecule has 1 aliphatic heterocycles. The number of amides is 1. The first-order valence-corrected chi connectivity index (χ1v) is 11.5. The largest absolute Gasteiger partial charge is 0.449 e. The summed E-state index contributed by atoms with van der Waals surface area (Å²) in [6.07, 6.45) is 1.88. The van der Waals surface area contributed by atoms with Gasteiger partial charge >= 0.3 is 5.97 Å². The van der Waals surface area contributed by atoms with Gasteiger partial charge in [-0.2, -0.15) is 0 Å². The fourth-order valence-electron chi connectivity index (χ4n) is 4.14. The lowest BCUT2D eigenvalue weighted by Gasteiger charge is -2.32. The third-order valence-electron chi connectivity index (χ3n) is 6.09. The Morgan fingerprint density at radius 3 is 2.67 bits per heavy atom. The number of rotatable bonds is 6. The van der Waals surface area contributed by atoms with E-state index in [1.807, 2.05) is 44.2 Å². The number of fused-ring (bicyclic) bond motifs is 2. The van der Waals surface area contributed by atoms with Crippen molar-refractivity contribution in [2.24, 2.45) is 0 Å². The zero-order valence-electron chi connectivity index (χ0n) is 19.6. The number of nitrogens with zero attached hydrogens (tertiary/aromatic N) is 3. The highest BCUT2D eigenvalue weighted by molar-refractivity contribution is 6.06. The van der Waals surface area contributed by atoms with Crippen molar-refractivity contribution in [3.8, 4) is 0 Å². The number of aromatic nitrogens is 2. The Labute approximate surface area is 194 Å². The molecule has 172 valence electrons. The van der Waals surface area contributed by atoms with Crippen LogP contribution in [0.25, 0.3) is 10.9 Å². The van der Waals surface area contributed by atoms with Crippen LogP contribution in [0.15, 0.2) is 42.6 Å². The van der Waals surface area contributed by atoms with Crippen LogP contribution >= 0.6 is 0 Å². The lowest BCUT2D eigenvalue weighted by molar-refractivity contribution is -0.124. The molecule has 1 unspecified atom stereocenters. The summed E-state index contributed by atoms with van der Waals surface area (Å²) in [5.74, 6) is -0.452. The molecule has 1 aliphatic rings. The first kappa shape index (κ1) is 22.9. The number of anilines is 1. The molecule has 7 heteroatoms. The molecule has 1 amide bonds. The summed E-state index contributed by atoms with van der Waals surface area (Å²) in [4.78, 5) is 37.7. The summed E-state index contributed by atoms with van der Waals surface area (Å²) in [6.45, 7) is 9.57. The van der Waals surface area contributed by atoms with E-state index in [-0.39, 0.29) is 0 Å². The molecule has 0 saturated carbocycles. The van der Waals surface area contributed by atoms with E-state index in [1.54, 1.807) is 12.3 Å². The second-order valence-electron chi connectivity index (χ2n) is 8.76. The van der Waals surface area contributed by atoms with Crippen LogP contribution in [0.4, 0.5) is 5.82 Å². The van der Waals surface area contributed by atoms with Crippen LogP contribution in [0.3, 0.4) is 0 Å². The number of hydrogen-bond acceptors (Lipinski definition) is 6. The van der Waals surface area contributed by atoms with Gasteiger partial charge in [0.15, 0.2) is 6.10 Å². The Hall–Kier alpha value is -3.32. The van der Waals surface area contributed by atoms with Gasteiger partial charge in [-0.05, 0) is 44.9 Å². The molecule has 1 aromatic carbocycles. The number of esters is 1. The molecule has 0 fully saturated rings. The van der Waals surface area contributed by atoms with E-state index in [9.17, 15) is 9.59 Å². The molecule has 0 saturated heterocycles. The molecule has 1 N–H and O–H groups in total. The van der Waals surface area contributed by atoms with Gasteiger partial charge in [-0.25, -0.2) is 9.78 Å². The first-order valence-electron chi connectivity index (χ1n) is 11.5. The van der Waals surface area contributed by atoms with Crippen LogP contribution in [0, 0.1) is 6.92 Å². The van der Waals surface area contributed by atoms with E-state index in [0.29, 0.717) is 30.4 Å². The molecule has 3 heterocycles. The zero-order valence-corrected chi connectivity index (χ0v) is 19.6. The van der Waals surface area contributed by atoms with Crippen LogP contribution in [0.1, 0.15) is 54.4 Å². The molecule has 33 heavy (non-hydrogen) atoms. The van der Waals surface area contributed by atoms with Gasteiger partial charge in [0.05, 0.1) is 11.1 Å². The Balaban J connectivity index is 1.64. The molecule has 4 rings (SSSR count). The van der Waals surface area contributed by atoms with Crippen molar-refractivity contribution in [1.29, 1.82) is 0 Å². The summed E-state index contributed by atoms with van der Waals surface area (Å²) in [5.41, 5.74) is 4.10. The van der Waals surface area contributed by atoms with E-state index in [2.05, 4.69) is 29.0 Å². The third-order valence-corrected chi connectivity index (χ3v) is 6.09. The second-order valence-corrected chi connectivity index (χ2v) is 8.76. The third kappa shape index (κ3) is 4.88. The summed E-state index contributed by atoms with van der Waals surface area (Å²) < 4.78 is 5.79. The first-order chi connectivity index (χ1) is 15.9. The summed E-state index contributed by atoms with van der Waals surface area (Å²) >= 11 is 0. The number of carbonyl (C=O) groups excluding carboxylic acids is 2. The molecule has 2 aromatic heterocycles. The van der Waals surface area contributed by atoms with Crippen LogP contribution in [-0.2, 0) is 22.5 Å². The minimum Gasteiger partial charge on any atom is -0.449 e. The molecule has 0 aliphatic carbocycles. The molecule has 3 aromatic rings. The predicted octanol–water partition coefficient (Wildman–Crippen LogP) is 4.28. The van der Waals surface area contributed by atoms with Crippen molar-refractivity contribution >= 4 is 28.6 Å². The molecule has 7 nitrogen and oxygen atoms in total. The van der Waals surface area contributed by atoms with E-state index in [0.717, 1.165) is 40.7 Å². The van der Waals surface area contributed by atoms with Crippen LogP contribution in [0.5, 0.6) is 0 Å². The van der Waals surface area contributed by atoms with Crippen molar-refractivity contribution in [3.63, 3.8) is 0 Å². The van der Waals surface area contributed by atoms with Crippen molar-refractivity contribution in [3.05, 3.63) is 65.0 Å². The monoisotopic (exact) mass is 446 g/mol. The Kier molecular flexibility index (Phi) is 6.70. The van der Waals surface area contributed by atoms with Crippen molar-refractivity contribution < 1.29 is 14.3 Å². The lowest BCUT2D eigenvalue weighted by atomic mass is 9.95. The van der Waals surface area contributed by atoms with Gasteiger partial charge in [0.25, 0.3) is 5.91 Å². The smallest absolute Gasteiger partial charge is 0.340 e. The highest BCUT2D eigenvalue weighted by atomic mass is 16.5. The normalized spacial score (nSPS) is 14.7. The average molecular weight is 447 g/mol. The fourth-order valence-corrected chi connectivity index (χ4v) is 4.14. The van der Waals surface area contributed by atoms with E-state index < -0.39 is 18.0 Å². The SMILES string of the molecule is CCC(OC(=O)c1c2c(nc3ccccc13)CCN(C(C)C)C2)C(=O)Nc1ccc(C)cn1. The minimum absolute atomic E-state index is 0.352. The average Bonchev–Trinajstić information content (AvgIpc) is 2.81. The number of ether oxygens (including phenoxy) is 1. The number of nitrogens with one attached hydrogen (secondary N) is 1. The zero-order chi connectivity index (χ0) is 23.5. The molecule has 0 spiro atoms.